The highest BCUT2D eigenvalue weighted by Gasteiger charge is 1.97. The molecule has 0 saturated heterocycles. The van der Waals surface area contributed by atoms with Gasteiger partial charge >= 0.3 is 0 Å². The third-order valence-corrected chi connectivity index (χ3v) is 1.89. The van der Waals surface area contributed by atoms with Crippen molar-refractivity contribution in [3.63, 3.8) is 0 Å². The lowest BCUT2D eigenvalue weighted by Crippen LogP contribution is -2.01. The summed E-state index contributed by atoms with van der Waals surface area (Å²) in [5.41, 5.74) is 0.992. The first-order valence-electron chi connectivity index (χ1n) is 5.07. The van der Waals surface area contributed by atoms with Crippen LogP contribution in [0.5, 0.6) is 0 Å². The van der Waals surface area contributed by atoms with E-state index in [0.717, 1.165) is 5.71 Å². The lowest BCUT2D eigenvalue weighted by atomic mass is 10.1. The largest absolute Gasteiger partial charge is 0.282 e. The number of hydrogen-bond donors (Lipinski definition) is 0. The minimum Gasteiger partial charge on any atom is -0.282 e. The topological polar surface area (TPSA) is 12.4 Å². The quantitative estimate of drug-likeness (QED) is 0.550. The first kappa shape index (κ1) is 12.2. The van der Waals surface area contributed by atoms with Crippen molar-refractivity contribution in [1.82, 2.24) is 0 Å². The molecule has 0 aromatic heterocycles. The normalized spacial score (nSPS) is 14.8. The SMILES string of the molecule is C=CC(/C=C\C)=NC(C)CCCC. The van der Waals surface area contributed by atoms with E-state index in [9.17, 15) is 0 Å². The molecule has 0 fully saturated rings. The van der Waals surface area contributed by atoms with Gasteiger partial charge in [0, 0.05) is 6.04 Å². The molecular weight excluding hydrogens is 158 g/mol. The Bertz CT molecular complexity index is 189. The fraction of sp³-hybridized carbons (Fsp3) is 0.583. The van der Waals surface area contributed by atoms with E-state index >= 15 is 0 Å². The average molecular weight is 179 g/mol. The second-order valence-corrected chi connectivity index (χ2v) is 3.25. The van der Waals surface area contributed by atoms with Gasteiger partial charge in [0.05, 0.1) is 5.71 Å². The van der Waals surface area contributed by atoms with E-state index in [2.05, 4.69) is 25.4 Å². The van der Waals surface area contributed by atoms with Crippen LogP contribution < -0.4 is 0 Å². The molecule has 0 aliphatic carbocycles. The minimum atomic E-state index is 0.421. The number of rotatable bonds is 6. The molecule has 74 valence electrons. The maximum atomic E-state index is 4.53. The molecule has 0 amide bonds. The Balaban J connectivity index is 4.07. The zero-order valence-corrected chi connectivity index (χ0v) is 9.09. The first-order valence-corrected chi connectivity index (χ1v) is 5.07. The van der Waals surface area contributed by atoms with Crippen LogP contribution >= 0.6 is 0 Å². The predicted molar refractivity (Wildman–Crippen MR) is 61.4 cm³/mol. The van der Waals surface area contributed by atoms with Gasteiger partial charge < -0.3 is 0 Å². The number of hydrogen-bond acceptors (Lipinski definition) is 1. The van der Waals surface area contributed by atoms with Crippen LogP contribution in [0, 0.1) is 0 Å². The van der Waals surface area contributed by atoms with Crippen LogP contribution in [0.2, 0.25) is 0 Å². The second kappa shape index (κ2) is 7.78. The molecule has 0 aromatic rings. The van der Waals surface area contributed by atoms with Crippen molar-refractivity contribution in [3.8, 4) is 0 Å². The summed E-state index contributed by atoms with van der Waals surface area (Å²) < 4.78 is 0. The molecule has 0 saturated carbocycles. The van der Waals surface area contributed by atoms with Crippen molar-refractivity contribution in [3.05, 3.63) is 24.8 Å². The molecule has 0 aromatic carbocycles. The maximum Gasteiger partial charge on any atom is 0.0568 e. The van der Waals surface area contributed by atoms with Crippen LogP contribution in [0.3, 0.4) is 0 Å². The van der Waals surface area contributed by atoms with Gasteiger partial charge in [0.15, 0.2) is 0 Å². The highest BCUT2D eigenvalue weighted by atomic mass is 14.8. The van der Waals surface area contributed by atoms with Crippen LogP contribution in [0.25, 0.3) is 0 Å². The molecular formula is C12H21N. The highest BCUT2D eigenvalue weighted by molar-refractivity contribution is 6.03. The van der Waals surface area contributed by atoms with Crippen LogP contribution in [0.15, 0.2) is 29.8 Å². The van der Waals surface area contributed by atoms with Crippen molar-refractivity contribution in [1.29, 1.82) is 0 Å². The van der Waals surface area contributed by atoms with E-state index < -0.39 is 0 Å². The van der Waals surface area contributed by atoms with Crippen LogP contribution in [-0.4, -0.2) is 11.8 Å². The van der Waals surface area contributed by atoms with Gasteiger partial charge in [0.2, 0.25) is 0 Å². The molecule has 1 unspecified atom stereocenters. The molecule has 0 aliphatic rings. The monoisotopic (exact) mass is 179 g/mol. The summed E-state index contributed by atoms with van der Waals surface area (Å²) in [6.45, 7) is 10.1. The van der Waals surface area contributed by atoms with E-state index in [1.165, 1.54) is 19.3 Å². The molecule has 0 N–H and O–H groups in total. The van der Waals surface area contributed by atoms with E-state index in [4.69, 9.17) is 0 Å². The van der Waals surface area contributed by atoms with Gasteiger partial charge in [-0.1, -0.05) is 32.4 Å². The molecule has 1 nitrogen and oxygen atoms in total. The standard InChI is InChI=1S/C12H21N/c1-5-8-10-11(4)13-12(7-3)9-6-2/h6-7,9,11H,3,5,8,10H2,1-2,4H3/b9-6-,13-12?. The number of aliphatic imine (C=N–C) groups is 1. The van der Waals surface area contributed by atoms with Gasteiger partial charge in [-0.3, -0.25) is 4.99 Å². The van der Waals surface area contributed by atoms with Gasteiger partial charge in [0.25, 0.3) is 0 Å². The lowest BCUT2D eigenvalue weighted by Gasteiger charge is -2.05. The molecule has 0 radical (unpaired) electrons. The Morgan fingerprint density at radius 2 is 2.23 bits per heavy atom. The number of nitrogens with zero attached hydrogens (tertiary/aromatic N) is 1. The zero-order chi connectivity index (χ0) is 10.1. The van der Waals surface area contributed by atoms with E-state index in [1.54, 1.807) is 0 Å². The Hall–Kier alpha value is -0.850. The average Bonchev–Trinajstić information content (AvgIpc) is 2.14. The predicted octanol–water partition coefficient (Wildman–Crippen LogP) is 3.77. The fourth-order valence-electron chi connectivity index (χ4n) is 1.15. The minimum absolute atomic E-state index is 0.421. The van der Waals surface area contributed by atoms with Crippen molar-refractivity contribution < 1.29 is 0 Å². The van der Waals surface area contributed by atoms with Gasteiger partial charge in [-0.2, -0.15) is 0 Å². The first-order chi connectivity index (χ1) is 6.24. The zero-order valence-electron chi connectivity index (χ0n) is 9.09. The summed E-state index contributed by atoms with van der Waals surface area (Å²) in [4.78, 5) is 4.53. The van der Waals surface area contributed by atoms with Crippen LogP contribution in [0.4, 0.5) is 0 Å². The highest BCUT2D eigenvalue weighted by Crippen LogP contribution is 2.04. The summed E-state index contributed by atoms with van der Waals surface area (Å²) in [5, 5.41) is 0. The molecule has 0 aliphatic heterocycles. The van der Waals surface area contributed by atoms with Gasteiger partial charge in [-0.05, 0) is 32.4 Å². The second-order valence-electron chi connectivity index (χ2n) is 3.25. The Morgan fingerprint density at radius 1 is 1.54 bits per heavy atom. The summed E-state index contributed by atoms with van der Waals surface area (Å²) in [7, 11) is 0. The van der Waals surface area contributed by atoms with Crippen LogP contribution in [-0.2, 0) is 0 Å². The van der Waals surface area contributed by atoms with Crippen molar-refractivity contribution in [2.45, 2.75) is 46.1 Å². The summed E-state index contributed by atoms with van der Waals surface area (Å²) in [5.74, 6) is 0. The van der Waals surface area contributed by atoms with Gasteiger partial charge in [-0.15, -0.1) is 0 Å². The lowest BCUT2D eigenvalue weighted by molar-refractivity contribution is 0.618. The summed E-state index contributed by atoms with van der Waals surface area (Å²) >= 11 is 0. The van der Waals surface area contributed by atoms with Crippen molar-refractivity contribution in [2.24, 2.45) is 4.99 Å². The van der Waals surface area contributed by atoms with Crippen molar-refractivity contribution in [2.75, 3.05) is 0 Å². The number of unbranched alkanes of at least 4 members (excludes halogenated alkanes) is 1. The smallest absolute Gasteiger partial charge is 0.0568 e. The van der Waals surface area contributed by atoms with Gasteiger partial charge in [-0.25, -0.2) is 0 Å². The van der Waals surface area contributed by atoms with Crippen molar-refractivity contribution >= 4 is 5.71 Å². The third-order valence-electron chi connectivity index (χ3n) is 1.89. The summed E-state index contributed by atoms with van der Waals surface area (Å²) in [6.07, 6.45) is 9.47. The fourth-order valence-corrected chi connectivity index (χ4v) is 1.15. The molecule has 0 heterocycles. The van der Waals surface area contributed by atoms with E-state index in [1.807, 2.05) is 25.2 Å². The Kier molecular flexibility index (Phi) is 7.27. The molecule has 13 heavy (non-hydrogen) atoms. The molecule has 1 atom stereocenters. The van der Waals surface area contributed by atoms with E-state index in [-0.39, 0.29) is 0 Å². The molecule has 0 rings (SSSR count). The van der Waals surface area contributed by atoms with E-state index in [0.29, 0.717) is 6.04 Å². The summed E-state index contributed by atoms with van der Waals surface area (Å²) in [6, 6.07) is 0.421. The molecule has 1 heteroatoms. The Morgan fingerprint density at radius 3 is 2.69 bits per heavy atom. The van der Waals surface area contributed by atoms with Crippen LogP contribution in [0.1, 0.15) is 40.0 Å². The van der Waals surface area contributed by atoms with Gasteiger partial charge in [0.1, 0.15) is 0 Å². The number of allylic oxidation sites excluding steroid dienone is 3. The Labute approximate surface area is 82.3 Å². The maximum absolute atomic E-state index is 4.53. The molecule has 0 spiro atoms. The third kappa shape index (κ3) is 6.32. The molecule has 0 bridgehead atoms.